The Morgan fingerprint density at radius 1 is 1.50 bits per heavy atom. The van der Waals surface area contributed by atoms with Gasteiger partial charge in [0.25, 0.3) is 0 Å². The molecule has 0 unspecified atom stereocenters. The van der Waals surface area contributed by atoms with Crippen LogP contribution in [0.25, 0.3) is 0 Å². The van der Waals surface area contributed by atoms with Gasteiger partial charge in [0.05, 0.1) is 6.54 Å². The molecule has 7 nitrogen and oxygen atoms in total. The number of carbonyl (C=O) groups is 1. The SMILES string of the molecule is NOCC(=O)NCCN=C(N)N. The summed E-state index contributed by atoms with van der Waals surface area (Å²) in [6.45, 7) is 0.542. The minimum atomic E-state index is -0.303. The largest absolute Gasteiger partial charge is 0.370 e. The van der Waals surface area contributed by atoms with Crippen LogP contribution in [0.3, 0.4) is 0 Å². The molecule has 0 atom stereocenters. The highest BCUT2D eigenvalue weighted by Gasteiger charge is 1.97. The van der Waals surface area contributed by atoms with Crippen LogP contribution >= 0.6 is 0 Å². The predicted molar refractivity (Wildman–Crippen MR) is 43.8 cm³/mol. The number of rotatable bonds is 5. The molecule has 0 saturated carbocycles. The van der Waals surface area contributed by atoms with Gasteiger partial charge in [0.15, 0.2) is 5.96 Å². The van der Waals surface area contributed by atoms with Crippen LogP contribution in [0.5, 0.6) is 0 Å². The summed E-state index contributed by atoms with van der Waals surface area (Å²) in [5, 5.41) is 2.48. The van der Waals surface area contributed by atoms with E-state index in [0.29, 0.717) is 13.1 Å². The molecule has 0 aliphatic heterocycles. The quantitative estimate of drug-likeness (QED) is 0.156. The zero-order chi connectivity index (χ0) is 9.40. The maximum Gasteiger partial charge on any atom is 0.248 e. The van der Waals surface area contributed by atoms with Crippen LogP contribution in [0, 0.1) is 0 Å². The molecule has 0 rings (SSSR count). The van der Waals surface area contributed by atoms with Crippen LogP contribution in [0.1, 0.15) is 0 Å². The van der Waals surface area contributed by atoms with Crippen molar-refractivity contribution in [2.24, 2.45) is 22.4 Å². The Labute approximate surface area is 69.9 Å². The van der Waals surface area contributed by atoms with E-state index in [1.54, 1.807) is 0 Å². The molecule has 0 spiro atoms. The molecule has 0 aromatic rings. The van der Waals surface area contributed by atoms with Gasteiger partial charge in [-0.3, -0.25) is 14.6 Å². The zero-order valence-electron chi connectivity index (χ0n) is 6.62. The number of nitrogens with one attached hydrogen (secondary N) is 1. The number of amides is 1. The third-order valence-electron chi connectivity index (χ3n) is 0.943. The molecule has 0 heterocycles. The van der Waals surface area contributed by atoms with Crippen LogP contribution in [-0.2, 0) is 9.63 Å². The topological polar surface area (TPSA) is 129 Å². The fourth-order valence-corrected chi connectivity index (χ4v) is 0.507. The number of nitrogens with zero attached hydrogens (tertiary/aromatic N) is 1. The molecule has 0 bridgehead atoms. The molecule has 12 heavy (non-hydrogen) atoms. The minimum absolute atomic E-state index is 0.000626. The lowest BCUT2D eigenvalue weighted by atomic mass is 10.5. The third kappa shape index (κ3) is 6.78. The van der Waals surface area contributed by atoms with Crippen LogP contribution < -0.4 is 22.7 Å². The lowest BCUT2D eigenvalue weighted by molar-refractivity contribution is -0.125. The van der Waals surface area contributed by atoms with E-state index in [0.717, 1.165) is 0 Å². The highest BCUT2D eigenvalue weighted by atomic mass is 16.6. The highest BCUT2D eigenvalue weighted by molar-refractivity contribution is 5.77. The van der Waals surface area contributed by atoms with Gasteiger partial charge in [0.2, 0.25) is 5.91 Å². The minimum Gasteiger partial charge on any atom is -0.370 e. The Bertz CT molecular complexity index is 165. The van der Waals surface area contributed by atoms with Crippen LogP contribution in [0.15, 0.2) is 4.99 Å². The van der Waals surface area contributed by atoms with Crippen LogP contribution in [0.4, 0.5) is 0 Å². The molecule has 0 aliphatic carbocycles. The number of carbonyl (C=O) groups excluding carboxylic acids is 1. The zero-order valence-corrected chi connectivity index (χ0v) is 6.62. The maximum atomic E-state index is 10.7. The normalized spacial score (nSPS) is 9.08. The second-order valence-corrected chi connectivity index (χ2v) is 1.97. The van der Waals surface area contributed by atoms with E-state index in [1.807, 2.05) is 0 Å². The molecule has 70 valence electrons. The smallest absolute Gasteiger partial charge is 0.248 e. The molecule has 0 saturated heterocycles. The van der Waals surface area contributed by atoms with Gasteiger partial charge in [0, 0.05) is 6.54 Å². The molecule has 1 amide bonds. The summed E-state index contributed by atoms with van der Waals surface area (Å²) in [7, 11) is 0. The first-order valence-corrected chi connectivity index (χ1v) is 3.30. The first kappa shape index (κ1) is 10.7. The van der Waals surface area contributed by atoms with Crippen LogP contribution in [0.2, 0.25) is 0 Å². The van der Waals surface area contributed by atoms with Gasteiger partial charge in [-0.05, 0) is 0 Å². The number of hydrogen-bond donors (Lipinski definition) is 4. The average molecular weight is 175 g/mol. The molecular weight excluding hydrogens is 162 g/mol. The van der Waals surface area contributed by atoms with Gasteiger partial charge in [-0.15, -0.1) is 0 Å². The summed E-state index contributed by atoms with van der Waals surface area (Å²) in [4.78, 5) is 18.4. The van der Waals surface area contributed by atoms with Crippen molar-refractivity contribution < 1.29 is 9.63 Å². The lowest BCUT2D eigenvalue weighted by Crippen LogP contribution is -2.31. The van der Waals surface area contributed by atoms with Crippen molar-refractivity contribution in [2.75, 3.05) is 19.7 Å². The number of guanidine groups is 1. The van der Waals surface area contributed by atoms with Gasteiger partial charge in [0.1, 0.15) is 6.61 Å². The first-order chi connectivity index (χ1) is 5.66. The van der Waals surface area contributed by atoms with E-state index in [9.17, 15) is 4.79 Å². The third-order valence-corrected chi connectivity index (χ3v) is 0.943. The van der Waals surface area contributed by atoms with Gasteiger partial charge >= 0.3 is 0 Å². The molecule has 0 fully saturated rings. The number of hydrogen-bond acceptors (Lipinski definition) is 4. The standard InChI is InChI=1S/C5H13N5O2/c6-5(7)10-2-1-9-4(11)3-12-8/h1-3,8H2,(H,9,11)(H4,6,7,10). The van der Waals surface area contributed by atoms with E-state index >= 15 is 0 Å². The highest BCUT2D eigenvalue weighted by Crippen LogP contribution is 1.69. The van der Waals surface area contributed by atoms with Crippen molar-refractivity contribution in [2.45, 2.75) is 0 Å². The Kier molecular flexibility index (Phi) is 5.66. The predicted octanol–water partition coefficient (Wildman–Crippen LogP) is -2.73. The monoisotopic (exact) mass is 175 g/mol. The number of nitrogens with two attached hydrogens (primary N) is 3. The Balaban J connectivity index is 3.31. The fourth-order valence-electron chi connectivity index (χ4n) is 0.507. The lowest BCUT2D eigenvalue weighted by Gasteiger charge is -2.00. The summed E-state index contributed by atoms with van der Waals surface area (Å²) in [5.74, 6) is 4.35. The average Bonchev–Trinajstić information content (AvgIpc) is 1.98. The van der Waals surface area contributed by atoms with E-state index in [4.69, 9.17) is 11.5 Å². The Hall–Kier alpha value is -1.34. The molecule has 7 heteroatoms. The molecule has 7 N–H and O–H groups in total. The fraction of sp³-hybridized carbons (Fsp3) is 0.600. The van der Waals surface area contributed by atoms with Crippen molar-refractivity contribution in [3.63, 3.8) is 0 Å². The second kappa shape index (κ2) is 6.38. The van der Waals surface area contributed by atoms with Crippen molar-refractivity contribution in [1.29, 1.82) is 0 Å². The molecule has 0 radical (unpaired) electrons. The van der Waals surface area contributed by atoms with E-state index < -0.39 is 0 Å². The summed E-state index contributed by atoms with van der Waals surface area (Å²) >= 11 is 0. The van der Waals surface area contributed by atoms with Gasteiger partial charge in [-0.2, -0.15) is 0 Å². The summed E-state index contributed by atoms with van der Waals surface area (Å²) in [6.07, 6.45) is 0. The summed E-state index contributed by atoms with van der Waals surface area (Å²) in [5.41, 5.74) is 10.1. The van der Waals surface area contributed by atoms with E-state index in [-0.39, 0.29) is 18.5 Å². The molecular formula is C5H13N5O2. The Morgan fingerprint density at radius 2 is 2.17 bits per heavy atom. The second-order valence-electron chi connectivity index (χ2n) is 1.97. The summed E-state index contributed by atoms with van der Waals surface area (Å²) in [6, 6.07) is 0. The number of aliphatic imine (C=N–C) groups is 1. The molecule has 0 aromatic carbocycles. The van der Waals surface area contributed by atoms with Crippen molar-refractivity contribution in [1.82, 2.24) is 5.32 Å². The van der Waals surface area contributed by atoms with E-state index in [2.05, 4.69) is 21.0 Å². The van der Waals surface area contributed by atoms with Crippen LogP contribution in [-0.4, -0.2) is 31.6 Å². The van der Waals surface area contributed by atoms with Crippen molar-refractivity contribution >= 4 is 11.9 Å². The Morgan fingerprint density at radius 3 is 2.67 bits per heavy atom. The maximum absolute atomic E-state index is 10.7. The van der Waals surface area contributed by atoms with Gasteiger partial charge in [-0.25, -0.2) is 5.90 Å². The van der Waals surface area contributed by atoms with Crippen molar-refractivity contribution in [3.05, 3.63) is 0 Å². The summed E-state index contributed by atoms with van der Waals surface area (Å²) < 4.78 is 0. The van der Waals surface area contributed by atoms with Crippen molar-refractivity contribution in [3.8, 4) is 0 Å². The van der Waals surface area contributed by atoms with Gasteiger partial charge in [-0.1, -0.05) is 0 Å². The first-order valence-electron chi connectivity index (χ1n) is 3.30. The molecule has 0 aromatic heterocycles. The van der Waals surface area contributed by atoms with E-state index in [1.165, 1.54) is 0 Å². The van der Waals surface area contributed by atoms with Gasteiger partial charge < -0.3 is 16.8 Å². The molecule has 0 aliphatic rings.